The molecule has 1 atom stereocenters. The van der Waals surface area contributed by atoms with Gasteiger partial charge in [-0.2, -0.15) is 0 Å². The van der Waals surface area contributed by atoms with Crippen LogP contribution in [0.1, 0.15) is 18.7 Å². The standard InChI is InChI=1S/C14H16N6O4/c1-7-5-9(17-24-7)16-12(21)8(2)20-6-15-11-10(20)13(22)19(4)14(23)18(11)3/h5-6,8H,1-4H3,(H,16,17,21). The molecule has 0 spiro atoms. The van der Waals surface area contributed by atoms with E-state index in [0.29, 0.717) is 5.76 Å². The molecule has 1 unspecified atom stereocenters. The normalized spacial score (nSPS) is 12.5. The molecule has 3 aromatic rings. The number of carbonyl (C=O) groups excluding carboxylic acids is 1. The van der Waals surface area contributed by atoms with Crippen molar-refractivity contribution in [3.63, 3.8) is 0 Å². The molecule has 126 valence electrons. The second kappa shape index (κ2) is 5.48. The van der Waals surface area contributed by atoms with E-state index >= 15 is 0 Å². The number of hydrogen-bond acceptors (Lipinski definition) is 6. The van der Waals surface area contributed by atoms with Gasteiger partial charge in [-0.25, -0.2) is 9.78 Å². The van der Waals surface area contributed by atoms with Crippen molar-refractivity contribution in [3.05, 3.63) is 39.0 Å². The summed E-state index contributed by atoms with van der Waals surface area (Å²) in [4.78, 5) is 40.8. The van der Waals surface area contributed by atoms with Gasteiger partial charge in [0, 0.05) is 20.2 Å². The van der Waals surface area contributed by atoms with Crippen LogP contribution in [0.25, 0.3) is 11.2 Å². The highest BCUT2D eigenvalue weighted by molar-refractivity contribution is 5.93. The van der Waals surface area contributed by atoms with Crippen molar-refractivity contribution < 1.29 is 9.32 Å². The number of nitrogens with one attached hydrogen (secondary N) is 1. The third kappa shape index (κ3) is 2.32. The van der Waals surface area contributed by atoms with E-state index in [9.17, 15) is 14.4 Å². The molecule has 3 rings (SSSR count). The summed E-state index contributed by atoms with van der Waals surface area (Å²) in [5, 5.41) is 6.30. The molecule has 0 aliphatic carbocycles. The summed E-state index contributed by atoms with van der Waals surface area (Å²) in [6, 6.07) is 0.844. The van der Waals surface area contributed by atoms with E-state index in [0.717, 1.165) is 4.57 Å². The first-order valence-electron chi connectivity index (χ1n) is 7.18. The predicted molar refractivity (Wildman–Crippen MR) is 84.8 cm³/mol. The fourth-order valence-electron chi connectivity index (χ4n) is 2.44. The number of rotatable bonds is 3. The summed E-state index contributed by atoms with van der Waals surface area (Å²) >= 11 is 0. The molecular formula is C14H16N6O4. The maximum atomic E-state index is 12.4. The first kappa shape index (κ1) is 15.7. The Morgan fingerprint density at radius 3 is 2.62 bits per heavy atom. The summed E-state index contributed by atoms with van der Waals surface area (Å²) in [5.74, 6) is 0.461. The van der Waals surface area contributed by atoms with Crippen molar-refractivity contribution in [2.24, 2.45) is 14.1 Å². The zero-order chi connectivity index (χ0) is 17.6. The molecule has 0 aliphatic rings. The van der Waals surface area contributed by atoms with Crippen molar-refractivity contribution in [1.82, 2.24) is 23.8 Å². The van der Waals surface area contributed by atoms with Gasteiger partial charge in [0.25, 0.3) is 5.56 Å². The summed E-state index contributed by atoms with van der Waals surface area (Å²) in [5.41, 5.74) is -0.589. The number of amides is 1. The maximum absolute atomic E-state index is 12.4. The number of hydrogen-bond donors (Lipinski definition) is 1. The van der Waals surface area contributed by atoms with E-state index < -0.39 is 23.2 Å². The molecule has 10 heteroatoms. The molecule has 1 N–H and O–H groups in total. The summed E-state index contributed by atoms with van der Waals surface area (Å²) in [6.07, 6.45) is 1.36. The largest absolute Gasteiger partial charge is 0.360 e. The number of aromatic nitrogens is 5. The minimum Gasteiger partial charge on any atom is -0.360 e. The molecule has 24 heavy (non-hydrogen) atoms. The summed E-state index contributed by atoms with van der Waals surface area (Å²) < 4.78 is 8.57. The van der Waals surface area contributed by atoms with Gasteiger partial charge in [0.15, 0.2) is 17.0 Å². The van der Waals surface area contributed by atoms with Gasteiger partial charge < -0.3 is 14.4 Å². The Labute approximate surface area is 135 Å². The van der Waals surface area contributed by atoms with Gasteiger partial charge >= 0.3 is 5.69 Å². The van der Waals surface area contributed by atoms with Gasteiger partial charge in [-0.1, -0.05) is 5.16 Å². The number of nitrogens with zero attached hydrogens (tertiary/aromatic N) is 5. The summed E-state index contributed by atoms with van der Waals surface area (Å²) in [7, 11) is 2.90. The molecule has 0 aliphatic heterocycles. The molecule has 3 aromatic heterocycles. The van der Waals surface area contributed by atoms with E-state index in [1.54, 1.807) is 19.9 Å². The third-order valence-electron chi connectivity index (χ3n) is 3.85. The fourth-order valence-corrected chi connectivity index (χ4v) is 2.44. The van der Waals surface area contributed by atoms with Crippen LogP contribution in [-0.2, 0) is 18.9 Å². The number of aryl methyl sites for hydroxylation is 2. The van der Waals surface area contributed by atoms with Gasteiger partial charge in [-0.3, -0.25) is 18.7 Å². The lowest BCUT2D eigenvalue weighted by Crippen LogP contribution is -2.38. The van der Waals surface area contributed by atoms with E-state index in [-0.39, 0.29) is 17.0 Å². The van der Waals surface area contributed by atoms with Crippen LogP contribution in [0, 0.1) is 6.92 Å². The smallest absolute Gasteiger partial charge is 0.332 e. The Morgan fingerprint density at radius 2 is 2.00 bits per heavy atom. The third-order valence-corrected chi connectivity index (χ3v) is 3.85. The fraction of sp³-hybridized carbons (Fsp3) is 0.357. The van der Waals surface area contributed by atoms with Crippen LogP contribution in [0.3, 0.4) is 0 Å². The van der Waals surface area contributed by atoms with Crippen molar-refractivity contribution in [1.29, 1.82) is 0 Å². The lowest BCUT2D eigenvalue weighted by atomic mass is 10.3. The minimum atomic E-state index is -0.739. The van der Waals surface area contributed by atoms with Gasteiger partial charge in [0.2, 0.25) is 5.91 Å². The van der Waals surface area contributed by atoms with E-state index in [1.165, 1.54) is 29.6 Å². The Hall–Kier alpha value is -3.17. The van der Waals surface area contributed by atoms with Crippen molar-refractivity contribution in [2.75, 3.05) is 5.32 Å². The Balaban J connectivity index is 2.04. The highest BCUT2D eigenvalue weighted by Crippen LogP contribution is 2.16. The molecule has 0 fully saturated rings. The average molecular weight is 332 g/mol. The van der Waals surface area contributed by atoms with Crippen LogP contribution >= 0.6 is 0 Å². The van der Waals surface area contributed by atoms with Crippen LogP contribution < -0.4 is 16.6 Å². The lowest BCUT2D eigenvalue weighted by Gasteiger charge is -2.13. The second-order valence-electron chi connectivity index (χ2n) is 5.52. The zero-order valence-electron chi connectivity index (χ0n) is 13.6. The van der Waals surface area contributed by atoms with Gasteiger partial charge in [0.05, 0.1) is 6.33 Å². The van der Waals surface area contributed by atoms with Crippen molar-refractivity contribution >= 4 is 22.9 Å². The first-order valence-corrected chi connectivity index (χ1v) is 7.18. The van der Waals surface area contributed by atoms with Crippen LogP contribution in [0.4, 0.5) is 5.82 Å². The number of imidazole rings is 1. The molecule has 3 heterocycles. The number of carbonyl (C=O) groups is 1. The zero-order valence-corrected chi connectivity index (χ0v) is 13.6. The molecule has 10 nitrogen and oxygen atoms in total. The Bertz CT molecular complexity index is 1050. The van der Waals surface area contributed by atoms with Gasteiger partial charge in [0.1, 0.15) is 11.8 Å². The summed E-state index contributed by atoms with van der Waals surface area (Å²) in [6.45, 7) is 3.33. The Morgan fingerprint density at radius 1 is 1.29 bits per heavy atom. The van der Waals surface area contributed by atoms with E-state index in [1.807, 2.05) is 0 Å². The van der Waals surface area contributed by atoms with Crippen LogP contribution in [0.15, 0.2) is 26.5 Å². The van der Waals surface area contributed by atoms with Gasteiger partial charge in [-0.05, 0) is 13.8 Å². The highest BCUT2D eigenvalue weighted by atomic mass is 16.5. The second-order valence-corrected chi connectivity index (χ2v) is 5.52. The van der Waals surface area contributed by atoms with Crippen LogP contribution in [0.2, 0.25) is 0 Å². The number of anilines is 1. The molecule has 0 radical (unpaired) electrons. The maximum Gasteiger partial charge on any atom is 0.332 e. The Kier molecular flexibility index (Phi) is 3.59. The number of fused-ring (bicyclic) bond motifs is 1. The molecule has 1 amide bonds. The molecule has 0 bridgehead atoms. The lowest BCUT2D eigenvalue weighted by molar-refractivity contribution is -0.118. The minimum absolute atomic E-state index is 0.179. The van der Waals surface area contributed by atoms with Crippen LogP contribution in [0.5, 0.6) is 0 Å². The topological polar surface area (TPSA) is 117 Å². The first-order chi connectivity index (χ1) is 11.3. The SMILES string of the molecule is Cc1cc(NC(=O)C(C)n2cnc3c2c(=O)n(C)c(=O)n3C)no1. The molecule has 0 aromatic carbocycles. The monoisotopic (exact) mass is 332 g/mol. The molecule has 0 saturated heterocycles. The predicted octanol–water partition coefficient (Wildman–Crippen LogP) is -0.0702. The molecular weight excluding hydrogens is 316 g/mol. The van der Waals surface area contributed by atoms with E-state index in [2.05, 4.69) is 15.5 Å². The van der Waals surface area contributed by atoms with Crippen LogP contribution in [-0.4, -0.2) is 29.7 Å². The van der Waals surface area contributed by atoms with Crippen molar-refractivity contribution in [2.45, 2.75) is 19.9 Å². The van der Waals surface area contributed by atoms with E-state index in [4.69, 9.17) is 4.52 Å². The van der Waals surface area contributed by atoms with Crippen molar-refractivity contribution in [3.8, 4) is 0 Å². The quantitative estimate of drug-likeness (QED) is 0.717. The average Bonchev–Trinajstić information content (AvgIpc) is 3.16. The molecule has 0 saturated carbocycles. The highest BCUT2D eigenvalue weighted by Gasteiger charge is 2.22. The van der Waals surface area contributed by atoms with Gasteiger partial charge in [-0.15, -0.1) is 0 Å².